The van der Waals surface area contributed by atoms with Crippen LogP contribution < -0.4 is 0 Å². The molecule has 0 N–H and O–H groups in total. The third kappa shape index (κ3) is 4.74. The van der Waals surface area contributed by atoms with Crippen molar-refractivity contribution in [2.75, 3.05) is 13.6 Å². The predicted octanol–water partition coefficient (Wildman–Crippen LogP) is 4.69. The zero-order valence-corrected chi connectivity index (χ0v) is 15.4. The Morgan fingerprint density at radius 1 is 0.882 bits per heavy atom. The van der Waals surface area contributed by atoms with Crippen LogP contribution in [0.1, 0.15) is 59.3 Å². The van der Waals surface area contributed by atoms with Crippen molar-refractivity contribution in [1.29, 1.82) is 0 Å². The van der Waals surface area contributed by atoms with E-state index in [4.69, 9.17) is 0 Å². The molecule has 0 saturated carbocycles. The average molecular weight is 346 g/mol. The predicted molar refractivity (Wildman–Crippen MR) is 81.3 cm³/mol. The van der Waals surface area contributed by atoms with Crippen LogP contribution in [0.4, 0.5) is 0 Å². The van der Waals surface area contributed by atoms with Gasteiger partial charge in [-0.1, -0.05) is 0 Å². The van der Waals surface area contributed by atoms with E-state index in [1.165, 1.54) is 45.1 Å². The topological polar surface area (TPSA) is 3.01 Å². The van der Waals surface area contributed by atoms with Crippen LogP contribution in [0.3, 0.4) is 0 Å². The maximum atomic E-state index is 2.66. The third-order valence-electron chi connectivity index (χ3n) is 4.65. The quantitative estimate of drug-likeness (QED) is 0.410. The molecule has 0 aromatic heterocycles. The zero-order valence-electron chi connectivity index (χ0n) is 12.6. The van der Waals surface area contributed by atoms with Gasteiger partial charge >= 0.3 is 114 Å². The van der Waals surface area contributed by atoms with Crippen LogP contribution in [0.2, 0.25) is 13.3 Å². The molecule has 1 rings (SSSR count). The van der Waals surface area contributed by atoms with Crippen molar-refractivity contribution in [3.05, 3.63) is 0 Å². The molecule has 1 fully saturated rings. The van der Waals surface area contributed by atoms with Gasteiger partial charge in [0.15, 0.2) is 0 Å². The van der Waals surface area contributed by atoms with Crippen LogP contribution >= 0.6 is 0 Å². The molecule has 0 aliphatic carbocycles. The Labute approximate surface area is 113 Å². The van der Waals surface area contributed by atoms with Gasteiger partial charge in [-0.2, -0.15) is 0 Å². The molecule has 1 unspecified atom stereocenters. The van der Waals surface area contributed by atoms with Gasteiger partial charge < -0.3 is 0 Å². The molecule has 2 atom stereocenters. The molecule has 1 aliphatic heterocycles. The molecule has 0 aromatic rings. The van der Waals surface area contributed by atoms with Gasteiger partial charge in [0.05, 0.1) is 0 Å². The SMILES string of the molecule is CCC[CH2][Sn]([CH2]CCC)([CH2]CCC)[C@@H]1CN1C. The van der Waals surface area contributed by atoms with E-state index in [1.54, 1.807) is 13.3 Å². The van der Waals surface area contributed by atoms with Crippen molar-refractivity contribution in [2.45, 2.75) is 76.7 Å². The van der Waals surface area contributed by atoms with E-state index < -0.39 is 18.4 Å². The van der Waals surface area contributed by atoms with Crippen molar-refractivity contribution in [3.8, 4) is 0 Å². The number of rotatable bonds is 10. The van der Waals surface area contributed by atoms with Crippen molar-refractivity contribution in [3.63, 3.8) is 0 Å². The molecule has 0 amide bonds. The molecule has 2 heteroatoms. The number of likely N-dealkylation sites (N-methyl/N-ethyl adjacent to an activating group) is 1. The fourth-order valence-electron chi connectivity index (χ4n) is 3.35. The van der Waals surface area contributed by atoms with Crippen LogP contribution in [0.15, 0.2) is 0 Å². The molecular formula is C15H33NSn. The molecule has 0 spiro atoms. The summed E-state index contributed by atoms with van der Waals surface area (Å²) in [6, 6.07) is 0. The monoisotopic (exact) mass is 347 g/mol. The van der Waals surface area contributed by atoms with Crippen LogP contribution in [-0.4, -0.2) is 40.9 Å². The molecule has 17 heavy (non-hydrogen) atoms. The molecule has 1 nitrogen and oxygen atoms in total. The summed E-state index contributed by atoms with van der Waals surface area (Å²) in [6.07, 6.45) is 8.80. The number of hydrogen-bond acceptors (Lipinski definition) is 1. The summed E-state index contributed by atoms with van der Waals surface area (Å²) < 4.78 is 6.16. The average Bonchev–Trinajstić information content (AvgIpc) is 3.07. The summed E-state index contributed by atoms with van der Waals surface area (Å²) in [7, 11) is 2.36. The second-order valence-electron chi connectivity index (χ2n) is 6.13. The summed E-state index contributed by atoms with van der Waals surface area (Å²) in [6.45, 7) is 8.56. The Hall–Kier alpha value is 0.759. The minimum absolute atomic E-state index is 1.12. The van der Waals surface area contributed by atoms with Gasteiger partial charge in [-0.15, -0.1) is 0 Å². The Bertz CT molecular complexity index is 183. The Morgan fingerprint density at radius 2 is 1.24 bits per heavy atom. The molecule has 0 aromatic carbocycles. The molecule has 0 radical (unpaired) electrons. The summed E-state index contributed by atoms with van der Waals surface area (Å²) in [4.78, 5) is 2.66. The minimum atomic E-state index is -1.79. The first kappa shape index (κ1) is 15.8. The summed E-state index contributed by atoms with van der Waals surface area (Å²) in [5, 5.41) is 0. The van der Waals surface area contributed by atoms with Gasteiger partial charge in [-0.3, -0.25) is 0 Å². The van der Waals surface area contributed by atoms with Gasteiger partial charge in [0.2, 0.25) is 0 Å². The van der Waals surface area contributed by atoms with Gasteiger partial charge in [-0.25, -0.2) is 0 Å². The fraction of sp³-hybridized carbons (Fsp3) is 1.00. The van der Waals surface area contributed by atoms with Crippen molar-refractivity contribution >= 4 is 18.4 Å². The van der Waals surface area contributed by atoms with E-state index >= 15 is 0 Å². The first-order valence-corrected chi connectivity index (χ1v) is 15.6. The standard InChI is InChI=1S/3C4H9.C3H6N.Sn/c3*1-3-4-2;1-4-2-3-4;/h3*1,3-4H2,2H3;2H,3H2,1H3;. The molecule has 1 heterocycles. The van der Waals surface area contributed by atoms with E-state index in [1.807, 2.05) is 0 Å². The Balaban J connectivity index is 2.61. The molecule has 1 saturated heterocycles. The fourth-order valence-corrected chi connectivity index (χ4v) is 22.0. The number of nitrogens with zero attached hydrogens (tertiary/aromatic N) is 1. The van der Waals surface area contributed by atoms with Crippen molar-refractivity contribution in [2.24, 2.45) is 0 Å². The van der Waals surface area contributed by atoms with Crippen molar-refractivity contribution < 1.29 is 0 Å². The number of unbranched alkanes of at least 4 members (excludes halogenated alkanes) is 3. The van der Waals surface area contributed by atoms with E-state index in [2.05, 4.69) is 32.7 Å². The van der Waals surface area contributed by atoms with Gasteiger partial charge in [-0.05, 0) is 0 Å². The Kier molecular flexibility index (Phi) is 7.47. The second kappa shape index (κ2) is 8.04. The summed E-state index contributed by atoms with van der Waals surface area (Å²) >= 11 is -1.79. The van der Waals surface area contributed by atoms with Gasteiger partial charge in [0.1, 0.15) is 0 Å². The first-order valence-electron chi connectivity index (χ1n) is 7.90. The zero-order chi connectivity index (χ0) is 12.7. The molecule has 102 valence electrons. The van der Waals surface area contributed by atoms with E-state index in [0.717, 1.165) is 4.06 Å². The van der Waals surface area contributed by atoms with Gasteiger partial charge in [0.25, 0.3) is 0 Å². The second-order valence-corrected chi connectivity index (χ2v) is 20.1. The molecule has 1 aliphatic rings. The van der Waals surface area contributed by atoms with Gasteiger partial charge in [0, 0.05) is 0 Å². The van der Waals surface area contributed by atoms with Crippen LogP contribution in [0.25, 0.3) is 0 Å². The third-order valence-corrected chi connectivity index (χ3v) is 22.0. The first-order chi connectivity index (χ1) is 8.20. The van der Waals surface area contributed by atoms with E-state index in [9.17, 15) is 0 Å². The van der Waals surface area contributed by atoms with Crippen LogP contribution in [-0.2, 0) is 0 Å². The number of hydrogen-bond donors (Lipinski definition) is 0. The molecular weight excluding hydrogens is 313 g/mol. The van der Waals surface area contributed by atoms with Crippen LogP contribution in [0, 0.1) is 0 Å². The van der Waals surface area contributed by atoms with Crippen LogP contribution in [0.5, 0.6) is 0 Å². The van der Waals surface area contributed by atoms with Crippen molar-refractivity contribution in [1.82, 2.24) is 4.90 Å². The normalized spacial score (nSPS) is 24.0. The van der Waals surface area contributed by atoms with E-state index in [-0.39, 0.29) is 0 Å². The summed E-state index contributed by atoms with van der Waals surface area (Å²) in [5.41, 5.74) is 0. The summed E-state index contributed by atoms with van der Waals surface area (Å²) in [5.74, 6) is 0. The van der Waals surface area contributed by atoms with E-state index in [0.29, 0.717) is 0 Å². The maximum absolute atomic E-state index is 2.66. The molecule has 0 bridgehead atoms. The Morgan fingerprint density at radius 3 is 1.47 bits per heavy atom.